The second-order valence-electron chi connectivity index (χ2n) is 4.36. The number of aryl methyl sites for hydroxylation is 1. The maximum Gasteiger partial charge on any atom is 0.158 e. The van der Waals surface area contributed by atoms with Crippen molar-refractivity contribution in [2.45, 2.75) is 13.0 Å². The molecule has 20 heavy (non-hydrogen) atoms. The molecule has 0 saturated heterocycles. The minimum absolute atomic E-state index is 0.395. The van der Waals surface area contributed by atoms with Crippen LogP contribution in [0.4, 0.5) is 11.6 Å². The summed E-state index contributed by atoms with van der Waals surface area (Å²) < 4.78 is 6.94. The number of nitrogens with zero attached hydrogens (tertiary/aromatic N) is 4. The highest BCUT2D eigenvalue weighted by Crippen LogP contribution is 2.11. The first-order valence-electron chi connectivity index (χ1n) is 6.48. The molecule has 0 spiro atoms. The van der Waals surface area contributed by atoms with Crippen LogP contribution in [-0.2, 0) is 24.8 Å². The third kappa shape index (κ3) is 3.67. The molecule has 0 aliphatic heterocycles. The Kier molecular flexibility index (Phi) is 4.89. The number of hydrogen-bond donors (Lipinski definition) is 2. The van der Waals surface area contributed by atoms with Crippen LogP contribution in [0.5, 0.6) is 0 Å². The van der Waals surface area contributed by atoms with Crippen LogP contribution in [0.1, 0.15) is 11.5 Å². The Morgan fingerprint density at radius 2 is 2.10 bits per heavy atom. The van der Waals surface area contributed by atoms with Crippen LogP contribution in [0.3, 0.4) is 0 Å². The number of anilines is 2. The van der Waals surface area contributed by atoms with Crippen LogP contribution < -0.4 is 10.6 Å². The zero-order valence-corrected chi connectivity index (χ0v) is 12.1. The standard InChI is InChI=1S/C13H20N6O/c1-14-11-8-12(18-13(17-11)9-20-3)15-6-4-10-5-7-16-19(10)2/h5,7-8H,4,6,9H2,1-3H3,(H2,14,15,17,18). The molecule has 2 N–H and O–H groups in total. The van der Waals surface area contributed by atoms with E-state index in [4.69, 9.17) is 4.74 Å². The number of nitrogens with one attached hydrogen (secondary N) is 2. The van der Waals surface area contributed by atoms with Gasteiger partial charge in [0.25, 0.3) is 0 Å². The summed E-state index contributed by atoms with van der Waals surface area (Å²) in [5.74, 6) is 2.22. The van der Waals surface area contributed by atoms with Crippen molar-refractivity contribution in [2.24, 2.45) is 7.05 Å². The fourth-order valence-corrected chi connectivity index (χ4v) is 1.87. The summed E-state index contributed by atoms with van der Waals surface area (Å²) in [5, 5.41) is 10.5. The van der Waals surface area contributed by atoms with Crippen molar-refractivity contribution in [1.82, 2.24) is 19.7 Å². The number of rotatable bonds is 7. The van der Waals surface area contributed by atoms with Crippen molar-refractivity contribution in [3.05, 3.63) is 29.8 Å². The molecule has 0 bridgehead atoms. The molecule has 0 radical (unpaired) electrons. The predicted molar refractivity (Wildman–Crippen MR) is 77.7 cm³/mol. The third-order valence-electron chi connectivity index (χ3n) is 2.91. The second kappa shape index (κ2) is 6.85. The molecule has 0 atom stereocenters. The zero-order chi connectivity index (χ0) is 14.4. The highest BCUT2D eigenvalue weighted by molar-refractivity contribution is 5.47. The van der Waals surface area contributed by atoms with E-state index in [9.17, 15) is 0 Å². The average Bonchev–Trinajstić information content (AvgIpc) is 2.84. The predicted octanol–water partition coefficient (Wildman–Crippen LogP) is 1.05. The molecular formula is C13H20N6O. The Labute approximate surface area is 118 Å². The van der Waals surface area contributed by atoms with Gasteiger partial charge in [-0.05, 0) is 6.07 Å². The van der Waals surface area contributed by atoms with Gasteiger partial charge < -0.3 is 15.4 Å². The normalized spacial score (nSPS) is 10.6. The zero-order valence-electron chi connectivity index (χ0n) is 12.1. The molecule has 0 unspecified atom stereocenters. The van der Waals surface area contributed by atoms with Crippen molar-refractivity contribution < 1.29 is 4.74 Å². The van der Waals surface area contributed by atoms with Crippen molar-refractivity contribution in [3.8, 4) is 0 Å². The van der Waals surface area contributed by atoms with Gasteiger partial charge in [-0.1, -0.05) is 0 Å². The lowest BCUT2D eigenvalue weighted by Crippen LogP contribution is -2.11. The summed E-state index contributed by atoms with van der Waals surface area (Å²) >= 11 is 0. The van der Waals surface area contributed by atoms with Crippen LogP contribution in [-0.4, -0.2) is 40.5 Å². The molecule has 0 amide bonds. The number of methoxy groups -OCH3 is 1. The van der Waals surface area contributed by atoms with Gasteiger partial charge in [0.05, 0.1) is 0 Å². The molecular weight excluding hydrogens is 256 g/mol. The molecule has 0 aliphatic rings. The van der Waals surface area contributed by atoms with Gasteiger partial charge in [0.15, 0.2) is 5.82 Å². The van der Waals surface area contributed by atoms with Crippen molar-refractivity contribution in [3.63, 3.8) is 0 Å². The lowest BCUT2D eigenvalue weighted by atomic mass is 10.3. The van der Waals surface area contributed by atoms with E-state index in [1.807, 2.05) is 30.9 Å². The summed E-state index contributed by atoms with van der Waals surface area (Å²) in [7, 11) is 5.40. The van der Waals surface area contributed by atoms with E-state index in [2.05, 4.69) is 25.7 Å². The highest BCUT2D eigenvalue weighted by Gasteiger charge is 2.04. The molecule has 2 rings (SSSR count). The summed E-state index contributed by atoms with van der Waals surface area (Å²) in [6.07, 6.45) is 2.69. The molecule has 2 aromatic heterocycles. The van der Waals surface area contributed by atoms with Gasteiger partial charge in [0, 0.05) is 52.1 Å². The first kappa shape index (κ1) is 14.3. The summed E-state index contributed by atoms with van der Waals surface area (Å²) in [4.78, 5) is 8.72. The quantitative estimate of drug-likeness (QED) is 0.787. The highest BCUT2D eigenvalue weighted by atomic mass is 16.5. The first-order valence-corrected chi connectivity index (χ1v) is 6.48. The second-order valence-corrected chi connectivity index (χ2v) is 4.36. The fourth-order valence-electron chi connectivity index (χ4n) is 1.87. The topological polar surface area (TPSA) is 76.9 Å². The Morgan fingerprint density at radius 3 is 2.75 bits per heavy atom. The van der Waals surface area contributed by atoms with Gasteiger partial charge in [-0.2, -0.15) is 5.10 Å². The van der Waals surface area contributed by atoms with Gasteiger partial charge in [0.1, 0.15) is 18.2 Å². The molecule has 0 saturated carbocycles. The molecule has 0 aliphatic carbocycles. The smallest absolute Gasteiger partial charge is 0.158 e. The van der Waals surface area contributed by atoms with Gasteiger partial charge in [-0.15, -0.1) is 0 Å². The van der Waals surface area contributed by atoms with Crippen molar-refractivity contribution in [2.75, 3.05) is 31.3 Å². The summed E-state index contributed by atoms with van der Waals surface area (Å²) in [6.45, 7) is 1.18. The van der Waals surface area contributed by atoms with Crippen LogP contribution >= 0.6 is 0 Å². The maximum atomic E-state index is 5.07. The fraction of sp³-hybridized carbons (Fsp3) is 0.462. The Balaban J connectivity index is 1.97. The van der Waals surface area contributed by atoms with E-state index >= 15 is 0 Å². The van der Waals surface area contributed by atoms with Crippen molar-refractivity contribution >= 4 is 11.6 Å². The van der Waals surface area contributed by atoms with Crippen molar-refractivity contribution in [1.29, 1.82) is 0 Å². The van der Waals surface area contributed by atoms with E-state index in [-0.39, 0.29) is 0 Å². The summed E-state index contributed by atoms with van der Waals surface area (Å²) in [5.41, 5.74) is 1.18. The third-order valence-corrected chi connectivity index (χ3v) is 2.91. The SMILES string of the molecule is CNc1cc(NCCc2ccnn2C)nc(COC)n1. The molecule has 108 valence electrons. The Bertz CT molecular complexity index is 554. The molecule has 7 heteroatoms. The minimum Gasteiger partial charge on any atom is -0.377 e. The van der Waals surface area contributed by atoms with E-state index in [0.717, 1.165) is 24.6 Å². The lowest BCUT2D eigenvalue weighted by molar-refractivity contribution is 0.178. The molecule has 0 aromatic carbocycles. The van der Waals surface area contributed by atoms with Gasteiger partial charge in [-0.25, -0.2) is 9.97 Å². The Morgan fingerprint density at radius 1 is 1.30 bits per heavy atom. The number of aromatic nitrogens is 4. The van der Waals surface area contributed by atoms with Gasteiger partial charge in [0.2, 0.25) is 0 Å². The first-order chi connectivity index (χ1) is 9.72. The van der Waals surface area contributed by atoms with Gasteiger partial charge in [-0.3, -0.25) is 4.68 Å². The molecule has 2 aromatic rings. The van der Waals surface area contributed by atoms with Gasteiger partial charge >= 0.3 is 0 Å². The number of hydrogen-bond acceptors (Lipinski definition) is 6. The minimum atomic E-state index is 0.395. The van der Waals surface area contributed by atoms with Crippen LogP contribution in [0.15, 0.2) is 18.3 Å². The average molecular weight is 276 g/mol. The summed E-state index contributed by atoms with van der Waals surface area (Å²) in [6, 6.07) is 3.89. The number of ether oxygens (including phenoxy) is 1. The van der Waals surface area contributed by atoms with E-state index in [1.54, 1.807) is 13.3 Å². The van der Waals surface area contributed by atoms with E-state index in [0.29, 0.717) is 12.4 Å². The van der Waals surface area contributed by atoms with Crippen LogP contribution in [0, 0.1) is 0 Å². The van der Waals surface area contributed by atoms with Crippen LogP contribution in [0.2, 0.25) is 0 Å². The maximum absolute atomic E-state index is 5.07. The Hall–Kier alpha value is -2.15. The van der Waals surface area contributed by atoms with E-state index < -0.39 is 0 Å². The molecule has 0 fully saturated rings. The van der Waals surface area contributed by atoms with Crippen LogP contribution in [0.25, 0.3) is 0 Å². The monoisotopic (exact) mass is 276 g/mol. The molecule has 2 heterocycles. The lowest BCUT2D eigenvalue weighted by Gasteiger charge is -2.09. The van der Waals surface area contributed by atoms with E-state index in [1.165, 1.54) is 5.69 Å². The molecule has 7 nitrogen and oxygen atoms in total. The largest absolute Gasteiger partial charge is 0.377 e.